The number of nitrogens with one attached hydrogen (secondary N) is 2. The largest absolute Gasteiger partial charge is 0.493 e. The van der Waals surface area contributed by atoms with Gasteiger partial charge in [0, 0.05) is 28.9 Å². The maximum Gasteiger partial charge on any atom is 0.248 e. The predicted octanol–water partition coefficient (Wildman–Crippen LogP) is 6.02. The molecule has 0 fully saturated rings. The van der Waals surface area contributed by atoms with E-state index >= 15 is 0 Å². The maximum atomic E-state index is 12.4. The first-order valence-electron chi connectivity index (χ1n) is 10.7. The second-order valence-electron chi connectivity index (χ2n) is 7.53. The number of rotatable bonds is 8. The van der Waals surface area contributed by atoms with Gasteiger partial charge in [0.2, 0.25) is 11.7 Å². The summed E-state index contributed by atoms with van der Waals surface area (Å²) >= 11 is 0. The zero-order chi connectivity index (χ0) is 23.9. The SMILES string of the molecule is COc1cc(/C=C/c2ccc(NC(=O)/C=C/c3c[nH]c4ccccc34)cc2)cc(OC)c1OC. The van der Waals surface area contributed by atoms with Crippen LogP contribution in [0.25, 0.3) is 29.1 Å². The van der Waals surface area contributed by atoms with Crippen LogP contribution in [0.5, 0.6) is 17.2 Å². The van der Waals surface area contributed by atoms with Crippen LogP contribution in [0.15, 0.2) is 72.9 Å². The minimum atomic E-state index is -0.189. The average molecular weight is 455 g/mol. The second kappa shape index (κ2) is 10.4. The van der Waals surface area contributed by atoms with Crippen LogP contribution >= 0.6 is 0 Å². The third-order valence-electron chi connectivity index (χ3n) is 5.37. The summed E-state index contributed by atoms with van der Waals surface area (Å²) in [6.45, 7) is 0. The Kier molecular flexibility index (Phi) is 6.98. The van der Waals surface area contributed by atoms with Crippen molar-refractivity contribution < 1.29 is 19.0 Å². The van der Waals surface area contributed by atoms with Gasteiger partial charge in [-0.2, -0.15) is 0 Å². The van der Waals surface area contributed by atoms with Crippen molar-refractivity contribution in [2.75, 3.05) is 26.6 Å². The van der Waals surface area contributed by atoms with Gasteiger partial charge in [0.05, 0.1) is 21.3 Å². The average Bonchev–Trinajstić information content (AvgIpc) is 3.29. The lowest BCUT2D eigenvalue weighted by atomic mass is 10.1. The Balaban J connectivity index is 1.41. The Morgan fingerprint density at radius 1 is 0.824 bits per heavy atom. The number of benzene rings is 3. The molecule has 0 saturated heterocycles. The van der Waals surface area contributed by atoms with E-state index in [0.717, 1.165) is 33.3 Å². The number of hydrogen-bond acceptors (Lipinski definition) is 4. The first kappa shape index (κ1) is 22.7. The number of fused-ring (bicyclic) bond motifs is 1. The summed E-state index contributed by atoms with van der Waals surface area (Å²) in [6.07, 6.45) is 9.17. The Bertz CT molecular complexity index is 1330. The third kappa shape index (κ3) is 5.13. The van der Waals surface area contributed by atoms with Crippen LogP contribution < -0.4 is 19.5 Å². The standard InChI is InChI=1S/C28H26N2O4/c1-32-25-16-20(17-26(33-2)28(25)34-3)9-8-19-10-13-22(14-11-19)30-27(31)15-12-21-18-29-24-7-5-4-6-23(21)24/h4-18,29H,1-3H3,(H,30,31)/b9-8+,15-12+. The van der Waals surface area contributed by atoms with Gasteiger partial charge >= 0.3 is 0 Å². The quantitative estimate of drug-likeness (QED) is 0.252. The molecule has 0 aliphatic carbocycles. The van der Waals surface area contributed by atoms with Crippen LogP contribution in [0, 0.1) is 0 Å². The van der Waals surface area contributed by atoms with Crippen molar-refractivity contribution in [2.45, 2.75) is 0 Å². The molecule has 4 rings (SSSR count). The Morgan fingerprint density at radius 3 is 2.18 bits per heavy atom. The van der Waals surface area contributed by atoms with E-state index in [0.29, 0.717) is 17.2 Å². The van der Waals surface area contributed by atoms with Crippen LogP contribution in [0.3, 0.4) is 0 Å². The van der Waals surface area contributed by atoms with Gasteiger partial charge in [-0.15, -0.1) is 0 Å². The van der Waals surface area contributed by atoms with Crippen LogP contribution in [-0.4, -0.2) is 32.2 Å². The van der Waals surface area contributed by atoms with Crippen LogP contribution in [0.4, 0.5) is 5.69 Å². The van der Waals surface area contributed by atoms with Crippen molar-refractivity contribution in [1.29, 1.82) is 0 Å². The van der Waals surface area contributed by atoms with E-state index in [-0.39, 0.29) is 5.91 Å². The topological polar surface area (TPSA) is 72.6 Å². The zero-order valence-corrected chi connectivity index (χ0v) is 19.3. The third-order valence-corrected chi connectivity index (χ3v) is 5.37. The Morgan fingerprint density at radius 2 is 1.50 bits per heavy atom. The van der Waals surface area contributed by atoms with Gasteiger partial charge in [-0.1, -0.05) is 42.5 Å². The minimum Gasteiger partial charge on any atom is -0.493 e. The van der Waals surface area contributed by atoms with Crippen molar-refractivity contribution in [3.63, 3.8) is 0 Å². The highest BCUT2D eigenvalue weighted by atomic mass is 16.5. The molecule has 1 heterocycles. The number of carbonyl (C=O) groups is 1. The summed E-state index contributed by atoms with van der Waals surface area (Å²) in [5.74, 6) is 1.56. The molecule has 0 aliphatic rings. The fourth-order valence-corrected chi connectivity index (χ4v) is 3.65. The van der Waals surface area contributed by atoms with Crippen molar-refractivity contribution in [3.8, 4) is 17.2 Å². The van der Waals surface area contributed by atoms with Crippen LogP contribution in [-0.2, 0) is 4.79 Å². The molecule has 0 radical (unpaired) electrons. The van der Waals surface area contributed by atoms with E-state index < -0.39 is 0 Å². The molecule has 1 amide bonds. The molecule has 34 heavy (non-hydrogen) atoms. The summed E-state index contributed by atoms with van der Waals surface area (Å²) in [7, 11) is 4.76. The van der Waals surface area contributed by atoms with Gasteiger partial charge in [0.25, 0.3) is 0 Å². The summed E-state index contributed by atoms with van der Waals surface area (Å²) in [5.41, 5.74) is 4.63. The number of para-hydroxylation sites is 1. The number of anilines is 1. The number of ether oxygens (including phenoxy) is 3. The van der Waals surface area contributed by atoms with Crippen LogP contribution in [0.1, 0.15) is 16.7 Å². The van der Waals surface area contributed by atoms with E-state index in [1.807, 2.05) is 85.1 Å². The molecule has 0 spiro atoms. The molecule has 0 bridgehead atoms. The molecule has 6 heteroatoms. The van der Waals surface area contributed by atoms with E-state index in [4.69, 9.17) is 14.2 Å². The molecule has 4 aromatic rings. The number of carbonyl (C=O) groups excluding carboxylic acids is 1. The Hall–Kier alpha value is -4.45. The molecule has 0 unspecified atom stereocenters. The molecule has 6 nitrogen and oxygen atoms in total. The van der Waals surface area contributed by atoms with Gasteiger partial charge in [0.15, 0.2) is 11.5 Å². The first-order valence-corrected chi connectivity index (χ1v) is 10.7. The van der Waals surface area contributed by atoms with Gasteiger partial charge in [-0.05, 0) is 53.1 Å². The van der Waals surface area contributed by atoms with Crippen LogP contribution in [0.2, 0.25) is 0 Å². The summed E-state index contributed by atoms with van der Waals surface area (Å²) in [5, 5.41) is 3.97. The lowest BCUT2D eigenvalue weighted by molar-refractivity contribution is -0.111. The second-order valence-corrected chi connectivity index (χ2v) is 7.53. The first-order chi connectivity index (χ1) is 16.6. The molecule has 172 valence electrons. The van der Waals surface area contributed by atoms with Gasteiger partial charge < -0.3 is 24.5 Å². The van der Waals surface area contributed by atoms with E-state index in [2.05, 4.69) is 10.3 Å². The monoisotopic (exact) mass is 454 g/mol. The van der Waals surface area contributed by atoms with Crippen molar-refractivity contribution >= 4 is 40.7 Å². The number of aromatic amines is 1. The van der Waals surface area contributed by atoms with E-state index in [9.17, 15) is 4.79 Å². The number of H-pyrrole nitrogens is 1. The van der Waals surface area contributed by atoms with Crippen molar-refractivity contribution in [2.24, 2.45) is 0 Å². The minimum absolute atomic E-state index is 0.189. The summed E-state index contributed by atoms with van der Waals surface area (Å²) < 4.78 is 16.2. The zero-order valence-electron chi connectivity index (χ0n) is 19.3. The molecular weight excluding hydrogens is 428 g/mol. The highest BCUT2D eigenvalue weighted by molar-refractivity contribution is 6.03. The lowest BCUT2D eigenvalue weighted by Crippen LogP contribution is -2.07. The van der Waals surface area contributed by atoms with Gasteiger partial charge in [-0.25, -0.2) is 0 Å². The maximum absolute atomic E-state index is 12.4. The predicted molar refractivity (Wildman–Crippen MR) is 137 cm³/mol. The highest BCUT2D eigenvalue weighted by Gasteiger charge is 2.12. The van der Waals surface area contributed by atoms with E-state index in [1.165, 1.54) is 6.08 Å². The van der Waals surface area contributed by atoms with Gasteiger partial charge in [0.1, 0.15) is 0 Å². The normalized spacial score (nSPS) is 11.3. The molecule has 3 aromatic carbocycles. The molecule has 1 aromatic heterocycles. The molecule has 0 aliphatic heterocycles. The highest BCUT2D eigenvalue weighted by Crippen LogP contribution is 2.38. The fraction of sp³-hybridized carbons (Fsp3) is 0.107. The molecule has 0 saturated carbocycles. The molecule has 0 atom stereocenters. The van der Waals surface area contributed by atoms with Crippen molar-refractivity contribution in [1.82, 2.24) is 4.98 Å². The lowest BCUT2D eigenvalue weighted by Gasteiger charge is -2.12. The molecule has 2 N–H and O–H groups in total. The van der Waals surface area contributed by atoms with E-state index in [1.54, 1.807) is 21.3 Å². The summed E-state index contributed by atoms with van der Waals surface area (Å²) in [4.78, 5) is 15.6. The smallest absolute Gasteiger partial charge is 0.248 e. The Labute approximate surface area is 198 Å². The number of methoxy groups -OCH3 is 3. The fourth-order valence-electron chi connectivity index (χ4n) is 3.65. The summed E-state index contributed by atoms with van der Waals surface area (Å²) in [6, 6.07) is 19.4. The van der Waals surface area contributed by atoms with Crippen molar-refractivity contribution in [3.05, 3.63) is 89.6 Å². The number of hydrogen-bond donors (Lipinski definition) is 2. The number of aromatic nitrogens is 1. The number of amides is 1. The van der Waals surface area contributed by atoms with Gasteiger partial charge in [-0.3, -0.25) is 4.79 Å². The molecular formula is C28H26N2O4.